The molecule has 0 bridgehead atoms. The van der Waals surface area contributed by atoms with Crippen LogP contribution in [0, 0.1) is 0 Å². The summed E-state index contributed by atoms with van der Waals surface area (Å²) in [6, 6.07) is 17.5. The van der Waals surface area contributed by atoms with Crippen molar-refractivity contribution in [1.82, 2.24) is 5.32 Å². The van der Waals surface area contributed by atoms with Gasteiger partial charge in [0.05, 0.1) is 12.2 Å². The van der Waals surface area contributed by atoms with Crippen LogP contribution in [-0.4, -0.2) is 32.7 Å². The van der Waals surface area contributed by atoms with Crippen LogP contribution in [0.15, 0.2) is 54.6 Å². The third-order valence-electron chi connectivity index (χ3n) is 3.58. The molecule has 0 aliphatic carbocycles. The van der Waals surface area contributed by atoms with E-state index in [-0.39, 0.29) is 5.91 Å². The lowest BCUT2D eigenvalue weighted by atomic mass is 10.2. The summed E-state index contributed by atoms with van der Waals surface area (Å²) in [4.78, 5) is 14.4. The number of hydrogen-bond acceptors (Lipinski definition) is 3. The minimum atomic E-state index is -0.0867. The van der Waals surface area contributed by atoms with E-state index in [1.54, 1.807) is 6.07 Å². The summed E-state index contributed by atoms with van der Waals surface area (Å²) in [6.07, 6.45) is 0.883. The van der Waals surface area contributed by atoms with Crippen LogP contribution in [0.4, 0.5) is 5.69 Å². The van der Waals surface area contributed by atoms with Crippen molar-refractivity contribution in [2.75, 3.05) is 31.6 Å². The molecule has 0 aliphatic rings. The van der Waals surface area contributed by atoms with Crippen LogP contribution < -0.4 is 15.0 Å². The van der Waals surface area contributed by atoms with Gasteiger partial charge >= 0.3 is 0 Å². The van der Waals surface area contributed by atoms with Gasteiger partial charge < -0.3 is 15.0 Å². The highest BCUT2D eigenvalue weighted by molar-refractivity contribution is 5.96. The molecule has 0 aliphatic heterocycles. The number of rotatable bonds is 8. The van der Waals surface area contributed by atoms with Gasteiger partial charge in [0.25, 0.3) is 5.91 Å². The topological polar surface area (TPSA) is 41.6 Å². The van der Waals surface area contributed by atoms with Gasteiger partial charge in [0.15, 0.2) is 0 Å². The van der Waals surface area contributed by atoms with Crippen molar-refractivity contribution in [3.63, 3.8) is 0 Å². The first-order valence-corrected chi connectivity index (χ1v) is 7.98. The number of nitrogens with one attached hydrogen (secondary N) is 1. The summed E-state index contributed by atoms with van der Waals surface area (Å²) in [5.74, 6) is 0.547. The smallest absolute Gasteiger partial charge is 0.255 e. The predicted molar refractivity (Wildman–Crippen MR) is 94.3 cm³/mol. The first-order chi connectivity index (χ1) is 11.2. The number of para-hydroxylation sites is 2. The number of carbonyl (C=O) groups is 1. The number of ether oxygens (including phenoxy) is 1. The third kappa shape index (κ3) is 5.02. The van der Waals surface area contributed by atoms with Crippen LogP contribution in [-0.2, 0) is 0 Å². The fraction of sp³-hybridized carbons (Fsp3) is 0.316. The average molecular weight is 312 g/mol. The molecular formula is C19H24N2O2. The van der Waals surface area contributed by atoms with E-state index >= 15 is 0 Å². The molecule has 4 nitrogen and oxygen atoms in total. The molecule has 0 unspecified atom stereocenters. The van der Waals surface area contributed by atoms with Gasteiger partial charge in [-0.25, -0.2) is 0 Å². The van der Waals surface area contributed by atoms with Crippen LogP contribution >= 0.6 is 0 Å². The first-order valence-electron chi connectivity index (χ1n) is 7.98. The van der Waals surface area contributed by atoms with Crippen LogP contribution in [0.2, 0.25) is 0 Å². The zero-order chi connectivity index (χ0) is 16.5. The van der Waals surface area contributed by atoms with E-state index in [9.17, 15) is 4.79 Å². The normalized spacial score (nSPS) is 10.2. The zero-order valence-electron chi connectivity index (χ0n) is 13.8. The first kappa shape index (κ1) is 16.9. The minimum Gasteiger partial charge on any atom is -0.493 e. The SMILES string of the molecule is CCOc1ccccc1C(=O)NCCCN(C)c1ccccc1. The molecule has 4 heteroatoms. The molecular weight excluding hydrogens is 288 g/mol. The van der Waals surface area contributed by atoms with Gasteiger partial charge in [-0.1, -0.05) is 30.3 Å². The molecule has 0 fully saturated rings. The Labute approximate surface area is 138 Å². The summed E-state index contributed by atoms with van der Waals surface area (Å²) in [6.45, 7) is 3.98. The Morgan fingerprint density at radius 1 is 1.09 bits per heavy atom. The second-order valence-corrected chi connectivity index (χ2v) is 5.30. The molecule has 2 aromatic rings. The van der Waals surface area contributed by atoms with E-state index in [1.165, 1.54) is 5.69 Å². The standard InChI is InChI=1S/C19H24N2O2/c1-3-23-18-13-8-7-12-17(18)19(22)20-14-9-15-21(2)16-10-5-4-6-11-16/h4-8,10-13H,3,9,14-15H2,1-2H3,(H,20,22). The van der Waals surface area contributed by atoms with Gasteiger partial charge in [-0.3, -0.25) is 4.79 Å². The van der Waals surface area contributed by atoms with Crippen molar-refractivity contribution < 1.29 is 9.53 Å². The van der Waals surface area contributed by atoms with E-state index < -0.39 is 0 Å². The summed E-state index contributed by atoms with van der Waals surface area (Å²) < 4.78 is 5.49. The van der Waals surface area contributed by atoms with Gasteiger partial charge in [0.1, 0.15) is 5.75 Å². The van der Waals surface area contributed by atoms with Crippen LogP contribution in [0.5, 0.6) is 5.75 Å². The fourth-order valence-corrected chi connectivity index (χ4v) is 2.36. The summed E-state index contributed by atoms with van der Waals surface area (Å²) in [7, 11) is 2.06. The van der Waals surface area contributed by atoms with Crippen LogP contribution in [0.1, 0.15) is 23.7 Å². The quantitative estimate of drug-likeness (QED) is 0.760. The predicted octanol–water partition coefficient (Wildman–Crippen LogP) is 3.34. The Kier molecular flexibility index (Phi) is 6.48. The maximum Gasteiger partial charge on any atom is 0.255 e. The molecule has 0 saturated carbocycles. The molecule has 1 N–H and O–H groups in total. The van der Waals surface area contributed by atoms with Crippen molar-refractivity contribution in [2.24, 2.45) is 0 Å². The Morgan fingerprint density at radius 3 is 2.52 bits per heavy atom. The highest BCUT2D eigenvalue weighted by atomic mass is 16.5. The number of anilines is 1. The van der Waals surface area contributed by atoms with Crippen molar-refractivity contribution in [1.29, 1.82) is 0 Å². The Bertz CT molecular complexity index is 614. The molecule has 0 heterocycles. The van der Waals surface area contributed by atoms with Gasteiger partial charge in [-0.05, 0) is 37.6 Å². The van der Waals surface area contributed by atoms with E-state index in [0.29, 0.717) is 24.5 Å². The van der Waals surface area contributed by atoms with E-state index in [4.69, 9.17) is 4.74 Å². The third-order valence-corrected chi connectivity index (χ3v) is 3.58. The van der Waals surface area contributed by atoms with Crippen molar-refractivity contribution in [2.45, 2.75) is 13.3 Å². The number of carbonyl (C=O) groups excluding carboxylic acids is 1. The molecule has 122 valence electrons. The fourth-order valence-electron chi connectivity index (χ4n) is 2.36. The minimum absolute atomic E-state index is 0.0867. The largest absolute Gasteiger partial charge is 0.493 e. The number of benzene rings is 2. The second kappa shape index (κ2) is 8.83. The number of hydrogen-bond donors (Lipinski definition) is 1. The molecule has 0 saturated heterocycles. The maximum atomic E-state index is 12.3. The van der Waals surface area contributed by atoms with Crippen LogP contribution in [0.25, 0.3) is 0 Å². The molecule has 0 aromatic heterocycles. The summed E-state index contributed by atoms with van der Waals surface area (Å²) >= 11 is 0. The Morgan fingerprint density at radius 2 is 1.78 bits per heavy atom. The highest BCUT2D eigenvalue weighted by Gasteiger charge is 2.11. The molecule has 2 aromatic carbocycles. The average Bonchev–Trinajstić information content (AvgIpc) is 2.60. The molecule has 0 spiro atoms. The zero-order valence-corrected chi connectivity index (χ0v) is 13.8. The maximum absolute atomic E-state index is 12.3. The lowest BCUT2D eigenvalue weighted by Crippen LogP contribution is -2.28. The van der Waals surface area contributed by atoms with Crippen LogP contribution in [0.3, 0.4) is 0 Å². The van der Waals surface area contributed by atoms with Gasteiger partial charge in [0, 0.05) is 25.8 Å². The van der Waals surface area contributed by atoms with E-state index in [1.807, 2.05) is 43.3 Å². The number of nitrogens with zero attached hydrogens (tertiary/aromatic N) is 1. The Balaban J connectivity index is 1.79. The summed E-state index contributed by atoms with van der Waals surface area (Å²) in [5, 5.41) is 2.96. The van der Waals surface area contributed by atoms with Crippen molar-refractivity contribution in [3.05, 3.63) is 60.2 Å². The molecule has 0 atom stereocenters. The molecule has 0 radical (unpaired) electrons. The van der Waals surface area contributed by atoms with Crippen molar-refractivity contribution in [3.8, 4) is 5.75 Å². The Hall–Kier alpha value is -2.49. The van der Waals surface area contributed by atoms with Gasteiger partial charge in [-0.15, -0.1) is 0 Å². The lowest BCUT2D eigenvalue weighted by molar-refractivity contribution is 0.0949. The van der Waals surface area contributed by atoms with E-state index in [2.05, 4.69) is 29.4 Å². The highest BCUT2D eigenvalue weighted by Crippen LogP contribution is 2.17. The van der Waals surface area contributed by atoms with Crippen molar-refractivity contribution >= 4 is 11.6 Å². The number of amides is 1. The summed E-state index contributed by atoms with van der Waals surface area (Å²) in [5.41, 5.74) is 1.77. The van der Waals surface area contributed by atoms with E-state index in [0.717, 1.165) is 13.0 Å². The molecule has 2 rings (SSSR count). The molecule has 1 amide bonds. The molecule has 23 heavy (non-hydrogen) atoms. The monoisotopic (exact) mass is 312 g/mol. The second-order valence-electron chi connectivity index (χ2n) is 5.30. The van der Waals surface area contributed by atoms with Gasteiger partial charge in [-0.2, -0.15) is 0 Å². The van der Waals surface area contributed by atoms with Gasteiger partial charge in [0.2, 0.25) is 0 Å². The lowest BCUT2D eigenvalue weighted by Gasteiger charge is -2.19.